The summed E-state index contributed by atoms with van der Waals surface area (Å²) in [5, 5.41) is 5.19. The van der Waals surface area contributed by atoms with Crippen molar-refractivity contribution < 1.29 is 8.85 Å². The van der Waals surface area contributed by atoms with E-state index in [2.05, 4.69) is 170 Å². The van der Waals surface area contributed by atoms with Crippen molar-refractivity contribution in [1.82, 2.24) is 0 Å². The third-order valence-corrected chi connectivity index (χ3v) is 16.7. The fourth-order valence-corrected chi connectivity index (χ4v) is 14.2. The zero-order valence-corrected chi connectivity index (χ0v) is 27.0. The maximum absolute atomic E-state index is 7.19. The van der Waals surface area contributed by atoms with Crippen molar-refractivity contribution in [3.63, 3.8) is 0 Å². The van der Waals surface area contributed by atoms with Crippen LogP contribution >= 0.6 is 0 Å². The molecule has 0 aliphatic heterocycles. The molecule has 0 aliphatic rings. The van der Waals surface area contributed by atoms with Crippen molar-refractivity contribution in [3.8, 4) is 11.5 Å². The third kappa shape index (κ3) is 6.62. The number of para-hydroxylation sites is 2. The maximum atomic E-state index is 7.19. The summed E-state index contributed by atoms with van der Waals surface area (Å²) in [6.45, 7) is 0. The first-order valence-corrected chi connectivity index (χ1v) is 19.7. The molecule has 0 fully saturated rings. The minimum atomic E-state index is -2.64. The lowest BCUT2D eigenvalue weighted by Gasteiger charge is -2.35. The molecular formula is C40H38O2Si2. The van der Waals surface area contributed by atoms with Gasteiger partial charge in [0.1, 0.15) is 11.5 Å². The van der Waals surface area contributed by atoms with Crippen molar-refractivity contribution >= 4 is 37.4 Å². The highest BCUT2D eigenvalue weighted by atomic mass is 28.4. The standard InChI is InChI=1S/C40H38O2Si2/c1-7-21-35(22-8-1)41-43(37-25-11-3-12-26-37,38-27-13-4-14-28-38)33-19-20-34-44(39-29-15-5-16-30-39,40-31-17-6-18-32-40)42-36-23-9-2-10-24-36/h1-18,21-32H,19-20,33-34H2. The molecule has 6 aromatic rings. The summed E-state index contributed by atoms with van der Waals surface area (Å²) in [6.07, 6.45) is 2.05. The average molecular weight is 607 g/mol. The normalized spacial score (nSPS) is 11.5. The van der Waals surface area contributed by atoms with E-state index in [4.69, 9.17) is 8.85 Å². The fourth-order valence-electron chi connectivity index (χ4n) is 6.21. The van der Waals surface area contributed by atoms with E-state index in [0.29, 0.717) is 0 Å². The Balaban J connectivity index is 1.36. The van der Waals surface area contributed by atoms with Crippen LogP contribution in [0.5, 0.6) is 11.5 Å². The van der Waals surface area contributed by atoms with Crippen molar-refractivity contribution in [2.24, 2.45) is 0 Å². The molecule has 0 atom stereocenters. The van der Waals surface area contributed by atoms with E-state index in [1.807, 2.05) is 12.1 Å². The maximum Gasteiger partial charge on any atom is 0.314 e. The average Bonchev–Trinajstić information content (AvgIpc) is 3.11. The number of unbranched alkanes of at least 4 members (excludes halogenated alkanes) is 1. The van der Waals surface area contributed by atoms with E-state index in [9.17, 15) is 0 Å². The molecule has 0 radical (unpaired) electrons. The number of benzene rings is 6. The molecule has 4 heteroatoms. The molecule has 218 valence electrons. The van der Waals surface area contributed by atoms with Crippen LogP contribution in [0, 0.1) is 0 Å². The second-order valence-electron chi connectivity index (χ2n) is 11.2. The van der Waals surface area contributed by atoms with Gasteiger partial charge in [-0.25, -0.2) is 0 Å². The largest absolute Gasteiger partial charge is 0.535 e. The predicted octanol–water partition coefficient (Wildman–Crippen LogP) is 7.44. The lowest BCUT2D eigenvalue weighted by molar-refractivity contribution is 0.547. The summed E-state index contributed by atoms with van der Waals surface area (Å²) in [5.41, 5.74) is 0. The van der Waals surface area contributed by atoms with Crippen LogP contribution in [-0.4, -0.2) is 16.6 Å². The van der Waals surface area contributed by atoms with Gasteiger partial charge in [0.25, 0.3) is 0 Å². The smallest absolute Gasteiger partial charge is 0.314 e. The van der Waals surface area contributed by atoms with Crippen LogP contribution in [0.25, 0.3) is 0 Å². The van der Waals surface area contributed by atoms with E-state index < -0.39 is 16.6 Å². The topological polar surface area (TPSA) is 18.5 Å². The van der Waals surface area contributed by atoms with Gasteiger partial charge in [0.15, 0.2) is 0 Å². The SMILES string of the molecule is c1ccc(O[Si](CCCC[Si](Oc2ccccc2)(c2ccccc2)c2ccccc2)(c2ccccc2)c2ccccc2)cc1. The minimum absolute atomic E-state index is 0.927. The molecule has 0 spiro atoms. The molecule has 0 amide bonds. The van der Waals surface area contributed by atoms with Crippen molar-refractivity contribution in [3.05, 3.63) is 182 Å². The predicted molar refractivity (Wildman–Crippen MR) is 189 cm³/mol. The fraction of sp³-hybridized carbons (Fsp3) is 0.100. The van der Waals surface area contributed by atoms with E-state index in [0.717, 1.165) is 36.4 Å². The lowest BCUT2D eigenvalue weighted by atomic mass is 10.3. The molecule has 6 aromatic carbocycles. The van der Waals surface area contributed by atoms with Gasteiger partial charge in [-0.15, -0.1) is 0 Å². The van der Waals surface area contributed by atoms with Crippen molar-refractivity contribution in [2.75, 3.05) is 0 Å². The Hall–Kier alpha value is -4.65. The Morgan fingerprint density at radius 2 is 0.523 bits per heavy atom. The number of hydrogen-bond donors (Lipinski definition) is 0. The van der Waals surface area contributed by atoms with Crippen LogP contribution in [0.4, 0.5) is 0 Å². The molecule has 0 heterocycles. The number of hydrogen-bond acceptors (Lipinski definition) is 2. The summed E-state index contributed by atoms with van der Waals surface area (Å²) >= 11 is 0. The first kappa shape index (κ1) is 29.4. The molecule has 0 saturated carbocycles. The van der Waals surface area contributed by atoms with Gasteiger partial charge in [0, 0.05) is 0 Å². The molecule has 0 saturated heterocycles. The Kier molecular flexibility index (Phi) is 9.51. The molecule has 0 aromatic heterocycles. The summed E-state index contributed by atoms with van der Waals surface area (Å²) in [7, 11) is -5.29. The van der Waals surface area contributed by atoms with Crippen molar-refractivity contribution in [2.45, 2.75) is 24.9 Å². The van der Waals surface area contributed by atoms with Crippen LogP contribution in [0.1, 0.15) is 12.8 Å². The molecule has 6 rings (SSSR count). The van der Waals surface area contributed by atoms with Crippen LogP contribution in [-0.2, 0) is 0 Å². The van der Waals surface area contributed by atoms with Gasteiger partial charge >= 0.3 is 16.6 Å². The van der Waals surface area contributed by atoms with Gasteiger partial charge in [-0.05, 0) is 57.1 Å². The highest BCUT2D eigenvalue weighted by molar-refractivity contribution is 6.98. The summed E-state index contributed by atoms with van der Waals surface area (Å²) in [5.74, 6) is 1.85. The second kappa shape index (κ2) is 14.2. The van der Waals surface area contributed by atoms with Gasteiger partial charge in [-0.1, -0.05) is 171 Å². The Labute approximate surface area is 263 Å². The van der Waals surface area contributed by atoms with Crippen LogP contribution < -0.4 is 29.6 Å². The summed E-state index contributed by atoms with van der Waals surface area (Å²) < 4.78 is 14.4. The molecule has 44 heavy (non-hydrogen) atoms. The summed E-state index contributed by atoms with van der Waals surface area (Å²) in [6, 6.07) is 66.2. The van der Waals surface area contributed by atoms with Gasteiger partial charge in [0.05, 0.1) is 0 Å². The third-order valence-electron chi connectivity index (χ3n) is 8.34. The molecule has 0 bridgehead atoms. The summed E-state index contributed by atoms with van der Waals surface area (Å²) in [4.78, 5) is 0. The van der Waals surface area contributed by atoms with E-state index in [1.54, 1.807) is 0 Å². The van der Waals surface area contributed by atoms with Crippen molar-refractivity contribution in [1.29, 1.82) is 0 Å². The quantitative estimate of drug-likeness (QED) is 0.100. The van der Waals surface area contributed by atoms with Gasteiger partial charge < -0.3 is 8.85 Å². The Morgan fingerprint density at radius 3 is 0.773 bits per heavy atom. The molecule has 2 nitrogen and oxygen atoms in total. The van der Waals surface area contributed by atoms with Gasteiger partial charge in [0.2, 0.25) is 0 Å². The van der Waals surface area contributed by atoms with E-state index in [-0.39, 0.29) is 0 Å². The van der Waals surface area contributed by atoms with E-state index >= 15 is 0 Å². The number of rotatable bonds is 13. The lowest BCUT2D eigenvalue weighted by Crippen LogP contribution is -2.64. The highest BCUT2D eigenvalue weighted by Gasteiger charge is 2.44. The first-order chi connectivity index (χ1) is 21.8. The Bertz CT molecular complexity index is 1470. The monoisotopic (exact) mass is 606 g/mol. The zero-order chi connectivity index (χ0) is 29.9. The molecule has 0 N–H and O–H groups in total. The first-order valence-electron chi connectivity index (χ1n) is 15.5. The zero-order valence-electron chi connectivity index (χ0n) is 25.0. The molecule has 0 aliphatic carbocycles. The second-order valence-corrected chi connectivity index (χ2v) is 18.2. The molecule has 0 unspecified atom stereocenters. The van der Waals surface area contributed by atoms with Crippen LogP contribution in [0.15, 0.2) is 182 Å². The Morgan fingerprint density at radius 1 is 0.295 bits per heavy atom. The van der Waals surface area contributed by atoms with Gasteiger partial charge in [-0.2, -0.15) is 0 Å². The molecular weight excluding hydrogens is 569 g/mol. The minimum Gasteiger partial charge on any atom is -0.535 e. The van der Waals surface area contributed by atoms with Crippen LogP contribution in [0.3, 0.4) is 0 Å². The van der Waals surface area contributed by atoms with Gasteiger partial charge in [-0.3, -0.25) is 0 Å². The van der Waals surface area contributed by atoms with E-state index in [1.165, 1.54) is 20.7 Å². The highest BCUT2D eigenvalue weighted by Crippen LogP contribution is 2.26. The van der Waals surface area contributed by atoms with Crippen LogP contribution in [0.2, 0.25) is 12.1 Å².